The number of aliphatic hydroxyl groups excluding tert-OH is 1. The monoisotopic (exact) mass is 387 g/mol. The number of methoxy groups -OCH3 is 1. The predicted molar refractivity (Wildman–Crippen MR) is 100 cm³/mol. The summed E-state index contributed by atoms with van der Waals surface area (Å²) in [5, 5.41) is 9.08. The van der Waals surface area contributed by atoms with E-state index in [0.717, 1.165) is 0 Å². The Morgan fingerprint density at radius 2 is 1.44 bits per heavy atom. The molecule has 0 spiro atoms. The first kappa shape index (κ1) is 24.9. The second-order valence-corrected chi connectivity index (χ2v) is 8.16. The van der Waals surface area contributed by atoms with Crippen LogP contribution in [-0.2, 0) is 19.0 Å². The summed E-state index contributed by atoms with van der Waals surface area (Å²) in [6.07, 6.45) is 0.180. The molecule has 1 unspecified atom stereocenters. The zero-order valence-electron chi connectivity index (χ0n) is 17.6. The molecule has 0 aliphatic rings. The molecule has 1 atom stereocenters. The topological polar surface area (TPSA) is 102 Å². The summed E-state index contributed by atoms with van der Waals surface area (Å²) in [6, 6.07) is -1.22. The molecule has 0 saturated carbocycles. The van der Waals surface area contributed by atoms with Crippen molar-refractivity contribution in [3.05, 3.63) is 11.6 Å². The largest absolute Gasteiger partial charge is 0.467 e. The number of amides is 2. The molecule has 156 valence electrons. The molecule has 1 N–H and O–H groups in total. The van der Waals surface area contributed by atoms with Crippen LogP contribution >= 0.6 is 0 Å². The highest BCUT2D eigenvalue weighted by Crippen LogP contribution is 2.20. The highest BCUT2D eigenvalue weighted by Gasteiger charge is 2.40. The molecule has 0 saturated heterocycles. The maximum absolute atomic E-state index is 12.6. The van der Waals surface area contributed by atoms with Crippen LogP contribution in [-0.4, -0.2) is 59.1 Å². The van der Waals surface area contributed by atoms with Crippen molar-refractivity contribution in [2.24, 2.45) is 0 Å². The Morgan fingerprint density at radius 3 is 1.78 bits per heavy atom. The van der Waals surface area contributed by atoms with Gasteiger partial charge in [-0.15, -0.1) is 0 Å². The minimum atomic E-state index is -1.22. The number of carbonyl (C=O) groups is 3. The van der Waals surface area contributed by atoms with Gasteiger partial charge in [-0.1, -0.05) is 11.6 Å². The van der Waals surface area contributed by atoms with Crippen molar-refractivity contribution >= 4 is 18.2 Å². The van der Waals surface area contributed by atoms with Crippen LogP contribution in [0.3, 0.4) is 0 Å². The Labute approximate surface area is 161 Å². The summed E-state index contributed by atoms with van der Waals surface area (Å²) < 4.78 is 15.3. The number of nitrogens with zero attached hydrogens (tertiary/aromatic N) is 1. The van der Waals surface area contributed by atoms with Crippen molar-refractivity contribution in [1.29, 1.82) is 0 Å². The summed E-state index contributed by atoms with van der Waals surface area (Å²) in [7, 11) is 1.17. The number of rotatable bonds is 6. The van der Waals surface area contributed by atoms with Crippen LogP contribution in [0.4, 0.5) is 9.59 Å². The van der Waals surface area contributed by atoms with E-state index in [-0.39, 0.29) is 13.0 Å². The number of hydrogen-bond donors (Lipinski definition) is 1. The average Bonchev–Trinajstić information content (AvgIpc) is 2.49. The highest BCUT2D eigenvalue weighted by atomic mass is 16.6. The molecule has 0 rings (SSSR count). The van der Waals surface area contributed by atoms with E-state index in [4.69, 9.17) is 19.3 Å². The minimum Gasteiger partial charge on any atom is -0.467 e. The van der Waals surface area contributed by atoms with E-state index in [9.17, 15) is 14.4 Å². The van der Waals surface area contributed by atoms with E-state index in [1.165, 1.54) is 7.11 Å². The number of aliphatic hydroxyl groups is 1. The molecule has 0 aromatic heterocycles. The molecule has 0 radical (unpaired) electrons. The summed E-state index contributed by atoms with van der Waals surface area (Å²) in [6.45, 7) is 11.5. The average molecular weight is 387 g/mol. The number of carbonyl (C=O) groups excluding carboxylic acids is 3. The molecular formula is C19H33NO7. The lowest BCUT2D eigenvalue weighted by molar-refractivity contribution is -0.146. The molecule has 8 nitrogen and oxygen atoms in total. The Balaban J connectivity index is 5.77. The van der Waals surface area contributed by atoms with Gasteiger partial charge in [0, 0.05) is 0 Å². The van der Waals surface area contributed by atoms with Crippen LogP contribution in [0.1, 0.15) is 61.3 Å². The molecule has 0 bridgehead atoms. The maximum atomic E-state index is 12.6. The minimum absolute atomic E-state index is 0.0997. The number of esters is 1. The zero-order chi connectivity index (χ0) is 21.4. The van der Waals surface area contributed by atoms with Crippen molar-refractivity contribution in [2.75, 3.05) is 13.7 Å². The molecule has 0 heterocycles. The lowest BCUT2D eigenvalue weighted by Crippen LogP contribution is -2.52. The van der Waals surface area contributed by atoms with E-state index >= 15 is 0 Å². The first-order valence-electron chi connectivity index (χ1n) is 8.81. The fraction of sp³-hybridized carbons (Fsp3) is 0.737. The molecule has 8 heteroatoms. The van der Waals surface area contributed by atoms with Crippen LogP contribution < -0.4 is 0 Å². The SMILES string of the molecule is COC(=O)C(CCC=C(C)CO)N(C(=O)OC(C)(C)C)C(=O)OC(C)(C)C. The Hall–Kier alpha value is -2.09. The van der Waals surface area contributed by atoms with Gasteiger partial charge >= 0.3 is 18.2 Å². The van der Waals surface area contributed by atoms with E-state index in [1.807, 2.05) is 0 Å². The third-order valence-corrected chi connectivity index (χ3v) is 3.15. The van der Waals surface area contributed by atoms with Crippen molar-refractivity contribution in [1.82, 2.24) is 4.90 Å². The lowest BCUT2D eigenvalue weighted by Gasteiger charge is -2.32. The van der Waals surface area contributed by atoms with Gasteiger partial charge in [-0.25, -0.2) is 14.4 Å². The molecule has 0 aromatic rings. The van der Waals surface area contributed by atoms with Crippen LogP contribution in [0.2, 0.25) is 0 Å². The Kier molecular flexibility index (Phi) is 9.50. The first-order chi connectivity index (χ1) is 12.2. The Bertz CT molecular complexity index is 527. The van der Waals surface area contributed by atoms with Gasteiger partial charge in [0.15, 0.2) is 0 Å². The first-order valence-corrected chi connectivity index (χ1v) is 8.81. The maximum Gasteiger partial charge on any atom is 0.420 e. The van der Waals surface area contributed by atoms with Crippen molar-refractivity contribution in [2.45, 2.75) is 78.6 Å². The molecule has 0 aliphatic heterocycles. The van der Waals surface area contributed by atoms with Gasteiger partial charge < -0.3 is 19.3 Å². The fourth-order valence-electron chi connectivity index (χ4n) is 1.99. The smallest absolute Gasteiger partial charge is 0.420 e. The second-order valence-electron chi connectivity index (χ2n) is 8.16. The summed E-state index contributed by atoms with van der Waals surface area (Å²) >= 11 is 0. The van der Waals surface area contributed by atoms with Crippen LogP contribution in [0.25, 0.3) is 0 Å². The van der Waals surface area contributed by atoms with Crippen molar-refractivity contribution in [3.63, 3.8) is 0 Å². The molecular weight excluding hydrogens is 354 g/mol. The Morgan fingerprint density at radius 1 is 1.00 bits per heavy atom. The van der Waals surface area contributed by atoms with Crippen LogP contribution in [0.5, 0.6) is 0 Å². The van der Waals surface area contributed by atoms with E-state index in [2.05, 4.69) is 0 Å². The molecule has 0 aliphatic carbocycles. The second kappa shape index (κ2) is 10.3. The molecule has 27 heavy (non-hydrogen) atoms. The van der Waals surface area contributed by atoms with E-state index in [0.29, 0.717) is 16.9 Å². The van der Waals surface area contributed by atoms with Crippen molar-refractivity contribution in [3.8, 4) is 0 Å². The lowest BCUT2D eigenvalue weighted by atomic mass is 10.1. The predicted octanol–water partition coefficient (Wildman–Crippen LogP) is 3.42. The molecule has 0 fully saturated rings. The number of hydrogen-bond acceptors (Lipinski definition) is 7. The van der Waals surface area contributed by atoms with Gasteiger partial charge in [-0.3, -0.25) is 0 Å². The normalized spacial score (nSPS) is 13.6. The van der Waals surface area contributed by atoms with Gasteiger partial charge in [0.2, 0.25) is 0 Å². The van der Waals surface area contributed by atoms with Gasteiger partial charge in [-0.05, 0) is 61.3 Å². The van der Waals surface area contributed by atoms with Crippen molar-refractivity contribution < 1.29 is 33.7 Å². The van der Waals surface area contributed by atoms with Gasteiger partial charge in [0.05, 0.1) is 13.7 Å². The van der Waals surface area contributed by atoms with Gasteiger partial charge in [0.1, 0.15) is 17.2 Å². The standard InChI is InChI=1S/C19H33NO7/c1-13(12-21)10-9-11-14(15(22)25-8)20(16(23)26-18(2,3)4)17(24)27-19(5,6)7/h10,14,21H,9,11-12H2,1-8H3. The summed E-state index contributed by atoms with van der Waals surface area (Å²) in [5.74, 6) is -0.762. The quantitative estimate of drug-likeness (QED) is 0.423. The van der Waals surface area contributed by atoms with Gasteiger partial charge in [0.25, 0.3) is 0 Å². The zero-order valence-corrected chi connectivity index (χ0v) is 17.6. The van der Waals surface area contributed by atoms with E-state index in [1.54, 1.807) is 54.5 Å². The number of ether oxygens (including phenoxy) is 3. The molecule has 2 amide bonds. The fourth-order valence-corrected chi connectivity index (χ4v) is 1.99. The highest BCUT2D eigenvalue weighted by molar-refractivity contribution is 5.94. The third kappa shape index (κ3) is 9.98. The van der Waals surface area contributed by atoms with Gasteiger partial charge in [-0.2, -0.15) is 4.90 Å². The summed E-state index contributed by atoms with van der Waals surface area (Å²) in [5.41, 5.74) is -1.03. The number of allylic oxidation sites excluding steroid dienone is 1. The number of imide groups is 1. The van der Waals surface area contributed by atoms with Crippen LogP contribution in [0, 0.1) is 0 Å². The summed E-state index contributed by atoms with van der Waals surface area (Å²) in [4.78, 5) is 38.2. The third-order valence-electron chi connectivity index (χ3n) is 3.15. The molecule has 0 aromatic carbocycles. The van der Waals surface area contributed by atoms with E-state index < -0.39 is 35.4 Å². The van der Waals surface area contributed by atoms with Crippen LogP contribution in [0.15, 0.2) is 11.6 Å².